The molecular formula is C13H15ClO4. The molecule has 0 atom stereocenters. The van der Waals surface area contributed by atoms with Crippen LogP contribution in [0.1, 0.15) is 30.9 Å². The molecule has 98 valence electrons. The molecule has 1 aromatic carbocycles. The number of carbonyl (C=O) groups excluding carboxylic acids is 1. The van der Waals surface area contributed by atoms with Crippen molar-refractivity contribution < 1.29 is 19.4 Å². The quantitative estimate of drug-likeness (QED) is 0.808. The van der Waals surface area contributed by atoms with E-state index in [2.05, 4.69) is 0 Å². The molecule has 0 unspecified atom stereocenters. The maximum Gasteiger partial charge on any atom is 0.306 e. The minimum absolute atomic E-state index is 0.0745. The molecule has 1 rings (SSSR count). The van der Waals surface area contributed by atoms with Crippen molar-refractivity contribution in [2.24, 2.45) is 0 Å². The summed E-state index contributed by atoms with van der Waals surface area (Å²) >= 11 is 5.98. The van der Waals surface area contributed by atoms with Crippen molar-refractivity contribution in [1.29, 1.82) is 0 Å². The number of rotatable bonds is 6. The van der Waals surface area contributed by atoms with Crippen molar-refractivity contribution in [3.05, 3.63) is 34.3 Å². The van der Waals surface area contributed by atoms with Crippen LogP contribution in [0.15, 0.2) is 18.2 Å². The topological polar surface area (TPSA) is 63.6 Å². The van der Waals surface area contributed by atoms with Crippen molar-refractivity contribution in [3.8, 4) is 0 Å². The van der Waals surface area contributed by atoms with Gasteiger partial charge in [-0.15, -0.1) is 0 Å². The van der Waals surface area contributed by atoms with Crippen molar-refractivity contribution >= 4 is 23.5 Å². The molecule has 0 aliphatic carbocycles. The summed E-state index contributed by atoms with van der Waals surface area (Å²) in [6.07, 6.45) is 0.527. The molecule has 0 radical (unpaired) electrons. The van der Waals surface area contributed by atoms with E-state index in [1.54, 1.807) is 6.07 Å². The molecule has 0 heterocycles. The van der Waals surface area contributed by atoms with Crippen molar-refractivity contribution in [3.63, 3.8) is 0 Å². The third-order valence-electron chi connectivity index (χ3n) is 2.45. The van der Waals surface area contributed by atoms with Gasteiger partial charge in [0.05, 0.1) is 12.8 Å². The Kier molecular flexibility index (Phi) is 5.65. The van der Waals surface area contributed by atoms with Gasteiger partial charge in [-0.1, -0.05) is 30.7 Å². The van der Waals surface area contributed by atoms with Gasteiger partial charge >= 0.3 is 11.9 Å². The second kappa shape index (κ2) is 7.01. The maximum atomic E-state index is 11.3. The minimum Gasteiger partial charge on any atom is -0.481 e. The first-order valence-electron chi connectivity index (χ1n) is 5.67. The van der Waals surface area contributed by atoms with E-state index in [1.165, 1.54) is 0 Å². The minimum atomic E-state index is -1.02. The highest BCUT2D eigenvalue weighted by atomic mass is 35.5. The summed E-state index contributed by atoms with van der Waals surface area (Å²) in [7, 11) is 0. The van der Waals surface area contributed by atoms with Gasteiger partial charge < -0.3 is 9.84 Å². The molecule has 0 amide bonds. The summed E-state index contributed by atoms with van der Waals surface area (Å²) in [4.78, 5) is 21.5. The fourth-order valence-electron chi connectivity index (χ4n) is 1.40. The number of carbonyl (C=O) groups is 2. The van der Waals surface area contributed by atoms with E-state index in [0.29, 0.717) is 5.02 Å². The maximum absolute atomic E-state index is 11.3. The first-order chi connectivity index (χ1) is 8.52. The Morgan fingerprint density at radius 3 is 2.67 bits per heavy atom. The van der Waals surface area contributed by atoms with Crippen LogP contribution in [0.25, 0.3) is 0 Å². The zero-order chi connectivity index (χ0) is 13.5. The van der Waals surface area contributed by atoms with Crippen LogP contribution in [-0.4, -0.2) is 17.0 Å². The second-order valence-electron chi connectivity index (χ2n) is 3.83. The monoisotopic (exact) mass is 270 g/mol. The molecule has 0 fully saturated rings. The van der Waals surface area contributed by atoms with E-state index in [0.717, 1.165) is 17.5 Å². The molecule has 0 saturated carbocycles. The molecule has 4 nitrogen and oxygen atoms in total. The van der Waals surface area contributed by atoms with Crippen LogP contribution in [0.2, 0.25) is 5.02 Å². The Hall–Kier alpha value is -1.55. The van der Waals surface area contributed by atoms with Gasteiger partial charge in [0, 0.05) is 10.6 Å². The fraction of sp³-hybridized carbons (Fsp3) is 0.385. The van der Waals surface area contributed by atoms with Crippen LogP contribution in [0.4, 0.5) is 0 Å². The van der Waals surface area contributed by atoms with Crippen LogP contribution in [-0.2, 0) is 27.4 Å². The Labute approximate surface area is 111 Å². The Morgan fingerprint density at radius 2 is 2.06 bits per heavy atom. The fourth-order valence-corrected chi connectivity index (χ4v) is 1.57. The summed E-state index contributed by atoms with van der Waals surface area (Å²) in [5, 5.41) is 8.97. The molecule has 18 heavy (non-hydrogen) atoms. The van der Waals surface area contributed by atoms with E-state index in [9.17, 15) is 9.59 Å². The van der Waals surface area contributed by atoms with E-state index in [4.69, 9.17) is 21.4 Å². The van der Waals surface area contributed by atoms with Crippen molar-refractivity contribution in [2.75, 3.05) is 0 Å². The normalized spacial score (nSPS) is 10.1. The van der Waals surface area contributed by atoms with Crippen molar-refractivity contribution in [1.82, 2.24) is 0 Å². The third kappa shape index (κ3) is 4.75. The zero-order valence-electron chi connectivity index (χ0n) is 10.1. The smallest absolute Gasteiger partial charge is 0.306 e. The lowest BCUT2D eigenvalue weighted by Crippen LogP contribution is -2.07. The summed E-state index contributed by atoms with van der Waals surface area (Å²) in [6.45, 7) is 2.09. The average Bonchev–Trinajstić information content (AvgIpc) is 2.35. The van der Waals surface area contributed by atoms with Crippen molar-refractivity contribution in [2.45, 2.75) is 32.8 Å². The molecule has 0 aliphatic rings. The number of carboxylic acid groups (broad SMARTS) is 1. The highest BCUT2D eigenvalue weighted by molar-refractivity contribution is 6.31. The molecule has 0 saturated heterocycles. The lowest BCUT2D eigenvalue weighted by atomic mass is 10.1. The SMILES string of the molecule is CCc1ccc(Cl)c(COC(=O)CCC(=O)O)c1. The lowest BCUT2D eigenvalue weighted by molar-refractivity contribution is -0.148. The number of ether oxygens (including phenoxy) is 1. The molecule has 0 spiro atoms. The van der Waals surface area contributed by atoms with Crippen LogP contribution in [0.5, 0.6) is 0 Å². The summed E-state index contributed by atoms with van der Waals surface area (Å²) in [5.74, 6) is -1.55. The number of hydrogen-bond donors (Lipinski definition) is 1. The number of halogens is 1. The van der Waals surface area contributed by atoms with Crippen LogP contribution < -0.4 is 0 Å². The third-order valence-corrected chi connectivity index (χ3v) is 2.82. The first-order valence-corrected chi connectivity index (χ1v) is 6.05. The predicted octanol–water partition coefficient (Wildman–Crippen LogP) is 2.81. The van der Waals surface area contributed by atoms with Gasteiger partial charge in [-0.25, -0.2) is 0 Å². The van der Waals surface area contributed by atoms with Gasteiger partial charge in [0.25, 0.3) is 0 Å². The standard InChI is InChI=1S/C13H15ClO4/c1-2-9-3-4-11(14)10(7-9)8-18-13(17)6-5-12(15)16/h3-4,7H,2,5-6,8H2,1H3,(H,15,16). The van der Waals surface area contributed by atoms with Gasteiger partial charge in [0.2, 0.25) is 0 Å². The number of esters is 1. The predicted molar refractivity (Wildman–Crippen MR) is 67.5 cm³/mol. The number of aliphatic carboxylic acids is 1. The van der Waals surface area contributed by atoms with Crippen LogP contribution in [0, 0.1) is 0 Å². The van der Waals surface area contributed by atoms with Gasteiger partial charge in [-0.2, -0.15) is 0 Å². The van der Waals surface area contributed by atoms with Crippen LogP contribution in [0.3, 0.4) is 0 Å². The first kappa shape index (κ1) is 14.5. The highest BCUT2D eigenvalue weighted by Gasteiger charge is 2.08. The molecule has 0 aromatic heterocycles. The number of benzene rings is 1. The largest absolute Gasteiger partial charge is 0.481 e. The Balaban J connectivity index is 2.52. The van der Waals surface area contributed by atoms with Gasteiger partial charge in [-0.05, 0) is 18.1 Å². The molecule has 5 heteroatoms. The summed E-state index contributed by atoms with van der Waals surface area (Å²) < 4.78 is 4.97. The van der Waals surface area contributed by atoms with E-state index < -0.39 is 11.9 Å². The Morgan fingerprint density at radius 1 is 1.33 bits per heavy atom. The van der Waals surface area contributed by atoms with Gasteiger partial charge in [0.1, 0.15) is 6.61 Å². The van der Waals surface area contributed by atoms with E-state index in [-0.39, 0.29) is 19.4 Å². The molecule has 0 bridgehead atoms. The number of carboxylic acids is 1. The highest BCUT2D eigenvalue weighted by Crippen LogP contribution is 2.19. The molecule has 1 N–H and O–H groups in total. The van der Waals surface area contributed by atoms with E-state index in [1.807, 2.05) is 19.1 Å². The molecule has 0 aliphatic heterocycles. The molecular weight excluding hydrogens is 256 g/mol. The summed E-state index contributed by atoms with van der Waals surface area (Å²) in [6, 6.07) is 5.56. The van der Waals surface area contributed by atoms with Crippen LogP contribution >= 0.6 is 11.6 Å². The zero-order valence-corrected chi connectivity index (χ0v) is 10.9. The average molecular weight is 271 g/mol. The van der Waals surface area contributed by atoms with Gasteiger partial charge in [-0.3, -0.25) is 9.59 Å². The molecule has 1 aromatic rings. The Bertz CT molecular complexity index is 443. The second-order valence-corrected chi connectivity index (χ2v) is 4.24. The van der Waals surface area contributed by atoms with Gasteiger partial charge in [0.15, 0.2) is 0 Å². The summed E-state index contributed by atoms with van der Waals surface area (Å²) in [5.41, 5.74) is 1.84. The number of aryl methyl sites for hydroxylation is 1. The lowest BCUT2D eigenvalue weighted by Gasteiger charge is -2.07. The van der Waals surface area contributed by atoms with E-state index >= 15 is 0 Å². The number of hydrogen-bond acceptors (Lipinski definition) is 3.